The Morgan fingerprint density at radius 3 is 2.34 bits per heavy atom. The van der Waals surface area contributed by atoms with E-state index in [4.69, 9.17) is 0 Å². The van der Waals surface area contributed by atoms with E-state index < -0.39 is 0 Å². The second-order valence-corrected chi connectivity index (χ2v) is 8.91. The van der Waals surface area contributed by atoms with E-state index in [1.54, 1.807) is 0 Å². The van der Waals surface area contributed by atoms with Crippen molar-refractivity contribution in [2.24, 2.45) is 0 Å². The van der Waals surface area contributed by atoms with Gasteiger partial charge < -0.3 is 10.6 Å². The summed E-state index contributed by atoms with van der Waals surface area (Å²) >= 11 is 1.28. The van der Waals surface area contributed by atoms with Gasteiger partial charge in [0.15, 0.2) is 11.0 Å². The van der Waals surface area contributed by atoms with Gasteiger partial charge in [0.1, 0.15) is 0 Å². The van der Waals surface area contributed by atoms with E-state index in [1.165, 1.54) is 11.8 Å². The van der Waals surface area contributed by atoms with Crippen LogP contribution in [-0.4, -0.2) is 38.9 Å². The van der Waals surface area contributed by atoms with Crippen LogP contribution < -0.4 is 10.6 Å². The fourth-order valence-corrected chi connectivity index (χ4v) is 4.35. The highest BCUT2D eigenvalue weighted by molar-refractivity contribution is 7.99. The van der Waals surface area contributed by atoms with Crippen molar-refractivity contribution < 1.29 is 9.59 Å². The predicted molar refractivity (Wildman–Crippen MR) is 140 cm³/mol. The molecule has 2 N–H and O–H groups in total. The van der Waals surface area contributed by atoms with E-state index in [2.05, 4.69) is 20.8 Å². The van der Waals surface area contributed by atoms with Gasteiger partial charge in [-0.1, -0.05) is 84.9 Å². The Morgan fingerprint density at radius 2 is 1.60 bits per heavy atom. The second-order valence-electron chi connectivity index (χ2n) is 7.97. The van der Waals surface area contributed by atoms with Gasteiger partial charge in [-0.05, 0) is 37.1 Å². The number of nitrogens with zero attached hydrogens (tertiary/aromatic N) is 3. The Balaban J connectivity index is 1.42. The second kappa shape index (κ2) is 11.5. The fraction of sp³-hybridized carbons (Fsp3) is 0.185. The molecule has 0 unspecified atom stereocenters. The van der Waals surface area contributed by atoms with Gasteiger partial charge in [0.25, 0.3) is 0 Å². The maximum absolute atomic E-state index is 12.5. The first-order valence-corrected chi connectivity index (χ1v) is 12.4. The molecule has 8 heteroatoms. The van der Waals surface area contributed by atoms with Gasteiger partial charge >= 0.3 is 0 Å². The van der Waals surface area contributed by atoms with Crippen LogP contribution in [0.2, 0.25) is 0 Å². The summed E-state index contributed by atoms with van der Waals surface area (Å²) in [7, 11) is 0. The van der Waals surface area contributed by atoms with E-state index in [1.807, 2.05) is 97.3 Å². The van der Waals surface area contributed by atoms with Crippen LogP contribution >= 0.6 is 11.8 Å². The quantitative estimate of drug-likeness (QED) is 0.337. The summed E-state index contributed by atoms with van der Waals surface area (Å²) < 4.78 is 1.95. The average molecular weight is 486 g/mol. The van der Waals surface area contributed by atoms with Gasteiger partial charge in [0, 0.05) is 16.9 Å². The van der Waals surface area contributed by atoms with Crippen molar-refractivity contribution in [1.29, 1.82) is 0 Å². The van der Waals surface area contributed by atoms with E-state index >= 15 is 0 Å². The van der Waals surface area contributed by atoms with E-state index in [-0.39, 0.29) is 24.1 Å². The summed E-state index contributed by atoms with van der Waals surface area (Å²) in [5.74, 6) is 0.288. The summed E-state index contributed by atoms with van der Waals surface area (Å²) in [6, 6.07) is 25.5. The third kappa shape index (κ3) is 6.16. The molecule has 0 radical (unpaired) electrons. The number of anilines is 1. The number of aromatic nitrogens is 3. The number of amides is 2. The topological polar surface area (TPSA) is 88.9 Å². The minimum Gasteiger partial charge on any atom is -0.346 e. The van der Waals surface area contributed by atoms with Crippen molar-refractivity contribution in [3.63, 3.8) is 0 Å². The Morgan fingerprint density at radius 1 is 0.886 bits per heavy atom. The van der Waals surface area contributed by atoms with Crippen LogP contribution in [0.25, 0.3) is 17.1 Å². The molecule has 35 heavy (non-hydrogen) atoms. The average Bonchev–Trinajstić information content (AvgIpc) is 3.31. The van der Waals surface area contributed by atoms with Crippen molar-refractivity contribution in [1.82, 2.24) is 20.1 Å². The standard InChI is InChI=1S/C27H27N5O2S/c1-3-20-9-7-8-12-23(20)29-24(33)17-28-25(34)18-35-27-31-30-26(21-10-5-4-6-11-21)32(27)22-15-13-19(2)14-16-22/h4-16H,3,17-18H2,1-2H3,(H,28,34)(H,29,33). The molecule has 0 bridgehead atoms. The lowest BCUT2D eigenvalue weighted by molar-refractivity contribution is -0.122. The summed E-state index contributed by atoms with van der Waals surface area (Å²) in [5, 5.41) is 14.9. The number of carbonyl (C=O) groups excluding carboxylic acids is 2. The minimum absolute atomic E-state index is 0.0998. The van der Waals surface area contributed by atoms with Crippen LogP contribution in [-0.2, 0) is 16.0 Å². The summed E-state index contributed by atoms with van der Waals surface area (Å²) in [4.78, 5) is 24.8. The van der Waals surface area contributed by atoms with Gasteiger partial charge in [-0.2, -0.15) is 0 Å². The molecule has 0 saturated heterocycles. The van der Waals surface area contributed by atoms with Gasteiger partial charge in [0.2, 0.25) is 11.8 Å². The minimum atomic E-state index is -0.265. The Hall–Kier alpha value is -3.91. The maximum atomic E-state index is 12.5. The number of carbonyl (C=O) groups is 2. The SMILES string of the molecule is CCc1ccccc1NC(=O)CNC(=O)CSc1nnc(-c2ccccc2)n1-c1ccc(C)cc1. The van der Waals surface area contributed by atoms with Gasteiger partial charge in [-0.3, -0.25) is 14.2 Å². The molecular weight excluding hydrogens is 458 g/mol. The molecule has 4 aromatic rings. The van der Waals surface area contributed by atoms with E-state index in [0.29, 0.717) is 11.0 Å². The molecule has 0 aliphatic carbocycles. The molecule has 0 atom stereocenters. The van der Waals surface area contributed by atoms with Crippen molar-refractivity contribution in [3.05, 3.63) is 90.0 Å². The number of nitrogens with one attached hydrogen (secondary N) is 2. The van der Waals surface area contributed by atoms with Crippen LogP contribution in [0, 0.1) is 6.92 Å². The molecular formula is C27H27N5O2S. The number of hydrogen-bond acceptors (Lipinski definition) is 5. The third-order valence-corrected chi connectivity index (χ3v) is 6.34. The van der Waals surface area contributed by atoms with E-state index in [0.717, 1.165) is 34.5 Å². The van der Waals surface area contributed by atoms with Crippen LogP contribution in [0.3, 0.4) is 0 Å². The zero-order valence-corrected chi connectivity index (χ0v) is 20.5. The molecule has 2 amide bonds. The zero-order valence-electron chi connectivity index (χ0n) is 19.7. The molecule has 1 heterocycles. The molecule has 178 valence electrons. The highest BCUT2D eigenvalue weighted by Gasteiger charge is 2.17. The Bertz CT molecular complexity index is 1300. The first-order chi connectivity index (χ1) is 17.0. The number of benzene rings is 3. The predicted octanol–water partition coefficient (Wildman–Crippen LogP) is 4.65. The van der Waals surface area contributed by atoms with Gasteiger partial charge in [0.05, 0.1) is 12.3 Å². The Kier molecular flexibility index (Phi) is 7.95. The molecule has 0 spiro atoms. The summed E-state index contributed by atoms with van der Waals surface area (Å²) in [5.41, 5.74) is 4.81. The smallest absolute Gasteiger partial charge is 0.243 e. The van der Waals surface area contributed by atoms with E-state index in [9.17, 15) is 9.59 Å². The number of para-hydroxylation sites is 1. The fourth-order valence-electron chi connectivity index (χ4n) is 3.57. The van der Waals surface area contributed by atoms with Crippen LogP contribution in [0.1, 0.15) is 18.1 Å². The first kappa shape index (κ1) is 24.2. The lowest BCUT2D eigenvalue weighted by Gasteiger charge is -2.11. The molecule has 1 aromatic heterocycles. The summed E-state index contributed by atoms with van der Waals surface area (Å²) in [6.45, 7) is 3.96. The van der Waals surface area contributed by atoms with Crippen LogP contribution in [0.4, 0.5) is 5.69 Å². The van der Waals surface area contributed by atoms with Crippen molar-refractivity contribution >= 4 is 29.3 Å². The van der Waals surface area contributed by atoms with Gasteiger partial charge in [-0.15, -0.1) is 10.2 Å². The number of aryl methyl sites for hydroxylation is 2. The highest BCUT2D eigenvalue weighted by Crippen LogP contribution is 2.28. The first-order valence-electron chi connectivity index (χ1n) is 11.4. The molecule has 0 aliphatic rings. The molecule has 0 aliphatic heterocycles. The lowest BCUT2D eigenvalue weighted by atomic mass is 10.1. The van der Waals surface area contributed by atoms with Gasteiger partial charge in [-0.25, -0.2) is 0 Å². The molecule has 4 rings (SSSR count). The highest BCUT2D eigenvalue weighted by atomic mass is 32.2. The molecule has 0 saturated carbocycles. The third-order valence-electron chi connectivity index (χ3n) is 5.41. The number of thioether (sulfide) groups is 1. The van der Waals surface area contributed by atoms with Crippen molar-refractivity contribution in [2.45, 2.75) is 25.4 Å². The van der Waals surface area contributed by atoms with Crippen LogP contribution in [0.15, 0.2) is 84.0 Å². The lowest BCUT2D eigenvalue weighted by Crippen LogP contribution is -2.34. The molecule has 0 fully saturated rings. The largest absolute Gasteiger partial charge is 0.346 e. The van der Waals surface area contributed by atoms with Crippen LogP contribution in [0.5, 0.6) is 0 Å². The van der Waals surface area contributed by atoms with Crippen molar-refractivity contribution in [2.75, 3.05) is 17.6 Å². The number of rotatable bonds is 9. The zero-order chi connectivity index (χ0) is 24.6. The maximum Gasteiger partial charge on any atom is 0.243 e. The monoisotopic (exact) mass is 485 g/mol. The molecule has 3 aromatic carbocycles. The molecule has 7 nitrogen and oxygen atoms in total. The number of hydrogen-bond donors (Lipinski definition) is 2. The summed E-state index contributed by atoms with van der Waals surface area (Å²) in [6.07, 6.45) is 0.812. The normalized spacial score (nSPS) is 10.7. The Labute approximate surface area is 209 Å². The van der Waals surface area contributed by atoms with Crippen molar-refractivity contribution in [3.8, 4) is 17.1 Å².